The van der Waals surface area contributed by atoms with E-state index in [4.69, 9.17) is 5.73 Å². The van der Waals surface area contributed by atoms with E-state index in [0.29, 0.717) is 37.5 Å². The van der Waals surface area contributed by atoms with Gasteiger partial charge in [0.05, 0.1) is 30.1 Å². The highest BCUT2D eigenvalue weighted by Crippen LogP contribution is 2.36. The van der Waals surface area contributed by atoms with Crippen LogP contribution in [0.25, 0.3) is 0 Å². The van der Waals surface area contributed by atoms with Crippen LogP contribution in [0.4, 0.5) is 4.79 Å². The van der Waals surface area contributed by atoms with E-state index in [1.165, 1.54) is 0 Å². The Hall–Kier alpha value is -3.90. The highest BCUT2D eigenvalue weighted by molar-refractivity contribution is 8.00. The third-order valence-electron chi connectivity index (χ3n) is 11.3. The maximum absolute atomic E-state index is 14.0. The number of rotatable bonds is 16. The Kier molecular flexibility index (Phi) is 12.9. The van der Waals surface area contributed by atoms with Gasteiger partial charge in [-0.05, 0) is 74.5 Å². The molecule has 6 rings (SSSR count). The van der Waals surface area contributed by atoms with Crippen LogP contribution in [0.5, 0.6) is 0 Å². The van der Waals surface area contributed by atoms with E-state index in [9.17, 15) is 24.0 Å². The smallest absolute Gasteiger partial charge is 0.315 e. The van der Waals surface area contributed by atoms with Gasteiger partial charge in [0.2, 0.25) is 17.7 Å². The maximum atomic E-state index is 14.0. The molecule has 4 aliphatic rings. The van der Waals surface area contributed by atoms with Crippen LogP contribution in [0.15, 0.2) is 54.6 Å². The first-order chi connectivity index (χ1) is 25.2. The third kappa shape index (κ3) is 9.00. The Morgan fingerprint density at radius 1 is 0.942 bits per heavy atom. The number of aryl methyl sites for hydroxylation is 1. The van der Waals surface area contributed by atoms with Crippen molar-refractivity contribution in [2.45, 2.75) is 125 Å². The first-order valence-electron chi connectivity index (χ1n) is 19.2. The third-order valence-corrected chi connectivity index (χ3v) is 12.8. The number of amides is 5. The summed E-state index contributed by atoms with van der Waals surface area (Å²) < 4.78 is 0. The minimum Gasteiger partial charge on any atom is -0.356 e. The molecule has 1 unspecified atom stereocenters. The molecule has 6 N–H and O–H groups in total. The molecule has 4 aliphatic heterocycles. The minimum atomic E-state index is -0.782. The fraction of sp³-hybridized carbons (Fsp3) is 0.575. The summed E-state index contributed by atoms with van der Waals surface area (Å²) in [6.45, 7) is 2.46. The molecule has 0 aromatic heterocycles. The summed E-state index contributed by atoms with van der Waals surface area (Å²) in [6, 6.07) is 16.7. The molecule has 12 heteroatoms. The molecule has 4 saturated heterocycles. The topological polar surface area (TPSA) is 163 Å². The van der Waals surface area contributed by atoms with Crippen molar-refractivity contribution in [3.8, 4) is 0 Å². The second-order valence-electron chi connectivity index (χ2n) is 14.8. The zero-order chi connectivity index (χ0) is 36.6. The molecule has 280 valence electrons. The van der Waals surface area contributed by atoms with Gasteiger partial charge in [0, 0.05) is 30.0 Å². The maximum Gasteiger partial charge on any atom is 0.315 e. The summed E-state index contributed by atoms with van der Waals surface area (Å²) in [5.74, 6) is -0.426. The Morgan fingerprint density at radius 2 is 1.71 bits per heavy atom. The van der Waals surface area contributed by atoms with Crippen LogP contribution >= 0.6 is 11.8 Å². The van der Waals surface area contributed by atoms with Crippen LogP contribution in [-0.2, 0) is 25.6 Å². The van der Waals surface area contributed by atoms with Crippen molar-refractivity contribution in [1.82, 2.24) is 26.2 Å². The lowest BCUT2D eigenvalue weighted by molar-refractivity contribution is -0.147. The molecule has 2 aromatic rings. The van der Waals surface area contributed by atoms with E-state index in [-0.39, 0.29) is 47.7 Å². The van der Waals surface area contributed by atoms with E-state index < -0.39 is 24.0 Å². The normalized spacial score (nSPS) is 26.4. The lowest BCUT2D eigenvalue weighted by atomic mass is 9.91. The van der Waals surface area contributed by atoms with Gasteiger partial charge in [0.15, 0.2) is 5.78 Å². The number of nitrogens with zero attached hydrogens (tertiary/aromatic N) is 1. The molecule has 0 spiro atoms. The number of ketones is 1. The molecule has 4 fully saturated rings. The lowest BCUT2D eigenvalue weighted by Crippen LogP contribution is -2.52. The van der Waals surface area contributed by atoms with Crippen LogP contribution in [0.1, 0.15) is 100 Å². The number of carbonyl (C=O) groups is 5. The Bertz CT molecular complexity index is 1570. The summed E-state index contributed by atoms with van der Waals surface area (Å²) in [5.41, 5.74) is 9.09. The average molecular weight is 731 g/mol. The van der Waals surface area contributed by atoms with Crippen LogP contribution in [-0.4, -0.2) is 82.2 Å². The molecule has 0 radical (unpaired) electrons. The number of Topliss-reactive ketones (excluding diaryl/α,β-unsaturated/α-hetero) is 1. The van der Waals surface area contributed by atoms with Crippen LogP contribution in [0, 0.1) is 5.92 Å². The minimum absolute atomic E-state index is 0.0385. The van der Waals surface area contributed by atoms with Crippen molar-refractivity contribution in [3.63, 3.8) is 0 Å². The summed E-state index contributed by atoms with van der Waals surface area (Å²) in [6.07, 6.45) is 8.78. The molecule has 4 heterocycles. The molecular weight excluding hydrogens is 677 g/mol. The first-order valence-corrected chi connectivity index (χ1v) is 20.3. The summed E-state index contributed by atoms with van der Waals surface area (Å²) in [5, 5.41) is 12.7. The van der Waals surface area contributed by atoms with Gasteiger partial charge < -0.3 is 31.9 Å². The van der Waals surface area contributed by atoms with Crippen molar-refractivity contribution >= 4 is 41.3 Å². The van der Waals surface area contributed by atoms with Gasteiger partial charge in [0.1, 0.15) is 6.04 Å². The van der Waals surface area contributed by atoms with Crippen molar-refractivity contribution in [3.05, 3.63) is 71.3 Å². The van der Waals surface area contributed by atoms with Crippen molar-refractivity contribution in [2.75, 3.05) is 12.3 Å². The number of unbranched alkanes of at least 4 members (excludes halogenated alkanes) is 1. The number of hydrogen-bond donors (Lipinski definition) is 5. The summed E-state index contributed by atoms with van der Waals surface area (Å²) in [7, 11) is 0. The highest BCUT2D eigenvalue weighted by Gasteiger charge is 2.47. The Balaban J connectivity index is 0.988. The van der Waals surface area contributed by atoms with E-state index in [1.807, 2.05) is 61.2 Å². The zero-order valence-electron chi connectivity index (χ0n) is 30.2. The molecule has 52 heavy (non-hydrogen) atoms. The average Bonchev–Trinajstić information content (AvgIpc) is 3.84. The predicted molar refractivity (Wildman–Crippen MR) is 202 cm³/mol. The van der Waals surface area contributed by atoms with Crippen LogP contribution in [0.2, 0.25) is 0 Å². The van der Waals surface area contributed by atoms with E-state index in [1.54, 1.807) is 4.90 Å². The van der Waals surface area contributed by atoms with Crippen LogP contribution < -0.4 is 27.0 Å². The van der Waals surface area contributed by atoms with Crippen LogP contribution in [0.3, 0.4) is 0 Å². The van der Waals surface area contributed by atoms with E-state index in [0.717, 1.165) is 73.8 Å². The molecule has 0 aliphatic carbocycles. The largest absolute Gasteiger partial charge is 0.356 e. The quantitative estimate of drug-likeness (QED) is 0.0986. The number of carbonyl (C=O) groups excluding carboxylic acids is 5. The monoisotopic (exact) mass is 730 g/mol. The number of fused-ring (bicyclic) bond motifs is 2. The zero-order valence-corrected chi connectivity index (χ0v) is 31.0. The molecular formula is C40H54N6O5S. The van der Waals surface area contributed by atoms with E-state index in [2.05, 4.69) is 33.4 Å². The van der Waals surface area contributed by atoms with Gasteiger partial charge >= 0.3 is 6.03 Å². The second kappa shape index (κ2) is 17.7. The van der Waals surface area contributed by atoms with Crippen molar-refractivity contribution in [1.29, 1.82) is 0 Å². The molecule has 11 nitrogen and oxygen atoms in total. The summed E-state index contributed by atoms with van der Waals surface area (Å²) in [4.78, 5) is 66.6. The predicted octanol–water partition coefficient (Wildman–Crippen LogP) is 4.13. The van der Waals surface area contributed by atoms with Gasteiger partial charge in [-0.3, -0.25) is 19.2 Å². The molecule has 2 aromatic carbocycles. The van der Waals surface area contributed by atoms with Crippen molar-refractivity contribution < 1.29 is 24.0 Å². The number of benzene rings is 2. The lowest BCUT2D eigenvalue weighted by Gasteiger charge is -2.32. The Morgan fingerprint density at radius 3 is 2.48 bits per heavy atom. The standard InChI is InChI=1S/C40H54N6O5S/c1-2-30(41)37(48)29-14-8-13-28-21-22-32(46(28)39(29)50)38(49)44-35(26-11-4-3-5-12-26)27-19-17-25(18-20-27)10-9-23-42-34(47)16-7-6-15-33-36-31(24-52-33)43-40(51)45-36/h3-5,11-12,17-20,28-33,35-36H,2,6-10,13-16,21-24,41H2,1H3,(H,42,47)(H,44,49)(H2,43,45,51)/t28-,29+,30-,31-,32-,33-,35?,36-/m0/s1. The van der Waals surface area contributed by atoms with Gasteiger partial charge in [-0.2, -0.15) is 11.8 Å². The molecule has 8 atom stereocenters. The van der Waals surface area contributed by atoms with Gasteiger partial charge in [-0.25, -0.2) is 4.79 Å². The SMILES string of the molecule is CC[C@H](N)C(=O)[C@H]1CCC[C@H]2CC[C@@H](C(=O)NC(c3ccccc3)c3ccc(CCCNC(=O)CCCC[C@@H]4SC[C@@H]5NC(=O)N[C@@H]54)cc3)N2C1=O. The van der Waals surface area contributed by atoms with Gasteiger partial charge in [0.25, 0.3) is 0 Å². The highest BCUT2D eigenvalue weighted by atomic mass is 32.2. The number of hydrogen-bond acceptors (Lipinski definition) is 7. The first kappa shape index (κ1) is 37.8. The molecule has 0 bridgehead atoms. The Labute approximate surface area is 311 Å². The van der Waals surface area contributed by atoms with Crippen molar-refractivity contribution in [2.24, 2.45) is 11.7 Å². The number of thioether (sulfide) groups is 1. The van der Waals surface area contributed by atoms with Gasteiger partial charge in [-0.15, -0.1) is 0 Å². The second-order valence-corrected chi connectivity index (χ2v) is 16.1. The molecule has 0 saturated carbocycles. The number of nitrogens with one attached hydrogen (secondary N) is 4. The van der Waals surface area contributed by atoms with Gasteiger partial charge in [-0.1, -0.05) is 74.4 Å². The fourth-order valence-corrected chi connectivity index (χ4v) is 9.89. The summed E-state index contributed by atoms with van der Waals surface area (Å²) >= 11 is 1.90. The number of urea groups is 1. The number of nitrogens with two attached hydrogens (primary N) is 1. The molecule has 5 amide bonds. The fourth-order valence-electron chi connectivity index (χ4n) is 8.34. The van der Waals surface area contributed by atoms with E-state index >= 15 is 0 Å².